The van der Waals surface area contributed by atoms with Gasteiger partial charge < -0.3 is 78.8 Å². The van der Waals surface area contributed by atoms with Crippen molar-refractivity contribution in [2.24, 2.45) is 22.9 Å². The number of carbonyl (C=O) groups is 2. The van der Waals surface area contributed by atoms with Gasteiger partial charge >= 0.3 is 12.1 Å². The standard InChI is InChI=1S/C117H212N2O18Si9/c1-33-138(34-2,35-3)129-97-82-83-106(132-141(42-10,43-11)44-12)108(133-142(45-13,46-14)47-15)86-99(131-140(39-7,40-8)41-9)88-117(123-32)89-109(134-143(48-16,49-17)50-18)104(90-118-122)107(128-117)85-96(77-71-69-67-65-63-61-60-62-64-66-68-70-76-92(28)112(135-144(51-19,52-20)53-21)93(29)94(30)125-110(120)87-98(84-97)130-139(36-4,37-5)38-6)127-115-114(137-146(57-25,58-26)59-27)111(113(95(31)126-115)136-145(54-22,55-23)56-24)119-116(121)124-91-105-102-80-74-72-78-100(102)101-79-73-75-81-103(101)105/h60-81,90,92-99,104-109,111-115,122H,33-59,82-89,91H2,1-32H3,(H,119,121)/b61-60+,64-62+,65-63+,68-66+,69-67+,76-70+,77-71+,118-90+/t92-,93-,94-,95+,96-,97+,98+,99-,104-,106+,107-,108+,109-,111-,112+,113+,114-,115-,117+/m0/s1. The summed E-state index contributed by atoms with van der Waals surface area (Å²) >= 11 is 0. The van der Waals surface area contributed by atoms with Crippen LogP contribution < -0.4 is 5.32 Å². The molecule has 0 unspecified atom stereocenters. The normalized spacial score (nSPS) is 28.3. The molecular formula is C117H212N2O18Si9. The molecule has 834 valence electrons. The van der Waals surface area contributed by atoms with Crippen LogP contribution in [0.15, 0.2) is 139 Å². The van der Waals surface area contributed by atoms with Crippen LogP contribution in [0.1, 0.15) is 283 Å². The van der Waals surface area contributed by atoms with Crippen molar-refractivity contribution in [3.63, 3.8) is 0 Å². The quantitative estimate of drug-likeness (QED) is 0.0207. The molecule has 2 aromatic carbocycles. The van der Waals surface area contributed by atoms with Crippen molar-refractivity contribution >= 4 is 93.1 Å². The molecule has 1 amide bonds. The van der Waals surface area contributed by atoms with Gasteiger partial charge in [0.2, 0.25) is 0 Å². The van der Waals surface area contributed by atoms with Gasteiger partial charge in [0.15, 0.2) is 86.9 Å². The van der Waals surface area contributed by atoms with E-state index in [1.165, 1.54) is 0 Å². The first-order valence-corrected chi connectivity index (χ1v) is 81.6. The van der Waals surface area contributed by atoms with Gasteiger partial charge in [-0.1, -0.05) is 334 Å². The summed E-state index contributed by atoms with van der Waals surface area (Å²) in [6.07, 6.45) is 25.0. The molecule has 29 heteroatoms. The molecule has 0 aromatic heterocycles. The van der Waals surface area contributed by atoms with Gasteiger partial charge in [-0.05, 0) is 231 Å². The summed E-state index contributed by atoms with van der Waals surface area (Å²) in [6.45, 7) is 70.8. The molecule has 3 heterocycles. The highest BCUT2D eigenvalue weighted by Gasteiger charge is 2.57. The van der Waals surface area contributed by atoms with Crippen LogP contribution in [0.4, 0.5) is 4.79 Å². The van der Waals surface area contributed by atoms with Gasteiger partial charge in [-0.3, -0.25) is 4.79 Å². The van der Waals surface area contributed by atoms with E-state index in [9.17, 15) is 5.21 Å². The van der Waals surface area contributed by atoms with E-state index in [4.69, 9.17) is 68.3 Å². The van der Waals surface area contributed by atoms with Crippen LogP contribution in [0.5, 0.6) is 0 Å². The number of nitrogens with one attached hydrogen (secondary N) is 1. The Balaban J connectivity index is 1.75. The number of rotatable bonds is 52. The lowest BCUT2D eigenvalue weighted by Gasteiger charge is -2.52. The zero-order chi connectivity index (χ0) is 108. The second kappa shape index (κ2) is 64.7. The molecule has 2 saturated heterocycles. The fraction of sp³-hybridized carbons (Fsp3) is 0.752. The van der Waals surface area contributed by atoms with E-state index in [0.29, 0.717) is 38.5 Å². The summed E-state index contributed by atoms with van der Waals surface area (Å²) in [6, 6.07) is 40.6. The molecule has 19 atom stereocenters. The monoisotopic (exact) mass is 2190 g/mol. The number of amides is 1. The summed E-state index contributed by atoms with van der Waals surface area (Å²) in [5.41, 5.74) is 4.54. The van der Waals surface area contributed by atoms with Crippen LogP contribution in [-0.2, 0) is 73.0 Å². The highest BCUT2D eigenvalue weighted by molar-refractivity contribution is 6.77. The van der Waals surface area contributed by atoms with Crippen LogP contribution in [-0.4, -0.2) is 210 Å². The Morgan fingerprint density at radius 1 is 0.411 bits per heavy atom. The minimum atomic E-state index is -2.70. The number of fused-ring (bicyclic) bond motifs is 5. The van der Waals surface area contributed by atoms with Crippen molar-refractivity contribution in [1.29, 1.82) is 0 Å². The van der Waals surface area contributed by atoms with Crippen molar-refractivity contribution < 1.29 is 83.1 Å². The van der Waals surface area contributed by atoms with Gasteiger partial charge in [-0.25, -0.2) is 4.79 Å². The van der Waals surface area contributed by atoms with Crippen molar-refractivity contribution in [2.75, 3.05) is 13.7 Å². The number of allylic oxidation sites excluding steroid dienone is 12. The number of methoxy groups -OCH3 is 1. The van der Waals surface area contributed by atoms with Crippen LogP contribution in [0, 0.1) is 17.8 Å². The molecule has 146 heavy (non-hydrogen) atoms. The highest BCUT2D eigenvalue weighted by Crippen LogP contribution is 2.49. The fourth-order valence-electron chi connectivity index (χ4n) is 24.0. The summed E-state index contributed by atoms with van der Waals surface area (Å²) in [5, 5.41) is 19.0. The van der Waals surface area contributed by atoms with Crippen LogP contribution in [0.2, 0.25) is 163 Å². The predicted octanol–water partition coefficient (Wildman–Crippen LogP) is 32.6. The molecule has 4 aliphatic rings. The first-order chi connectivity index (χ1) is 70.0. The number of alkyl carbamates (subject to hydrolysis) is 1. The third-order valence-corrected chi connectivity index (χ3v) is 78.8. The zero-order valence-corrected chi connectivity index (χ0v) is 107. The van der Waals surface area contributed by atoms with E-state index in [0.717, 1.165) is 185 Å². The Bertz CT molecular complexity index is 4150. The summed E-state index contributed by atoms with van der Waals surface area (Å²) in [5.74, 6) is -2.56. The lowest BCUT2D eigenvalue weighted by atomic mass is 9.83. The Hall–Kier alpha value is -3.74. The predicted molar refractivity (Wildman–Crippen MR) is 633 cm³/mol. The number of hydrogen-bond acceptors (Lipinski definition) is 19. The minimum Gasteiger partial charge on any atom is -0.462 e. The van der Waals surface area contributed by atoms with E-state index in [2.05, 4.69) is 304 Å². The Morgan fingerprint density at radius 2 is 0.781 bits per heavy atom. The maximum atomic E-state index is 15.6. The van der Waals surface area contributed by atoms with E-state index in [1.54, 1.807) is 13.3 Å². The third kappa shape index (κ3) is 35.6. The lowest BCUT2D eigenvalue weighted by molar-refractivity contribution is -0.310. The molecule has 2 N–H and O–H groups in total. The number of carbonyl (C=O) groups excluding carboxylic acids is 2. The second-order valence-corrected chi connectivity index (χ2v) is 85.6. The van der Waals surface area contributed by atoms with Gasteiger partial charge in [0.1, 0.15) is 18.8 Å². The van der Waals surface area contributed by atoms with Gasteiger partial charge in [-0.2, -0.15) is 0 Å². The first kappa shape index (κ1) is 131. The fourth-order valence-corrected chi connectivity index (χ4v) is 50.1. The topological polar surface area (TPSA) is 217 Å². The van der Waals surface area contributed by atoms with Gasteiger partial charge in [0.05, 0.1) is 79.7 Å². The van der Waals surface area contributed by atoms with E-state index < -0.39 is 166 Å². The molecule has 3 aliphatic heterocycles. The largest absolute Gasteiger partial charge is 0.462 e. The molecule has 0 saturated carbocycles. The third-order valence-electron chi connectivity index (χ3n) is 36.7. The average Bonchev–Trinajstić information content (AvgIpc) is 1.34. The van der Waals surface area contributed by atoms with Crippen molar-refractivity contribution in [3.05, 3.63) is 145 Å². The summed E-state index contributed by atoms with van der Waals surface area (Å²) in [4.78, 5) is 31.1. The van der Waals surface area contributed by atoms with Crippen molar-refractivity contribution in [1.82, 2.24) is 5.32 Å². The lowest BCUT2D eigenvalue weighted by Crippen LogP contribution is -2.69. The molecule has 2 aromatic rings. The first-order valence-electron chi connectivity index (χ1n) is 58.8. The van der Waals surface area contributed by atoms with Crippen molar-refractivity contribution in [2.45, 2.75) is 533 Å². The summed E-state index contributed by atoms with van der Waals surface area (Å²) in [7, 11) is -20.7. The average molecular weight is 2190 g/mol. The van der Waals surface area contributed by atoms with Crippen LogP contribution in [0.25, 0.3) is 11.1 Å². The smallest absolute Gasteiger partial charge is 0.407 e. The van der Waals surface area contributed by atoms with Gasteiger partial charge in [0.25, 0.3) is 0 Å². The number of cyclic esters (lactones) is 1. The number of hydrogen-bond donors (Lipinski definition) is 2. The zero-order valence-electron chi connectivity index (χ0n) is 98.0. The number of benzene rings is 2. The number of ether oxygens (including phenoxy) is 6. The maximum absolute atomic E-state index is 15.6. The van der Waals surface area contributed by atoms with E-state index in [-0.39, 0.29) is 61.5 Å². The van der Waals surface area contributed by atoms with Crippen LogP contribution in [0.3, 0.4) is 0 Å². The number of nitrogens with zero attached hydrogens (tertiary/aromatic N) is 1. The number of oxime groups is 1. The molecule has 0 radical (unpaired) electrons. The van der Waals surface area contributed by atoms with E-state index >= 15 is 9.59 Å². The molecular weight excluding hydrogens is 1970 g/mol. The van der Waals surface area contributed by atoms with Gasteiger partial charge in [-0.15, -0.1) is 5.16 Å². The SMILES string of the molecule is CC[Si](CC)(CC)O[C@@H]1CC[C@@H](O[Si](CC)(CC)CC)[C@H](O[Si](CC)(CC)CC)C[C@H](O[Si](CC)(CC)CC)C[C@]2(OC)C[C@H](O[Si](CC)(CC)CC)[C@@H](/C=N/O)[C@H](C[C@@H](O[C@@H]3O[C@H](C)[C@@H](O[Si](CC)(CC)CC)[C@H](NC(=O)OCC4c5ccccc5-c5ccccc54)[C@@H]3O[Si](CC)(CC)CC)/C=C/C=C/C=C/C=C/C=C/C=C/C=C/[C@H](C)[C@@H](O[Si](CC)(CC)CC)[C@@H](C)[C@H](C)OC(=O)C[C@H](O[Si](CC)(CC)CC)C1)O2. The Labute approximate surface area is 900 Å². The molecule has 1 aliphatic carbocycles. The Morgan fingerprint density at radius 3 is 1.21 bits per heavy atom. The summed E-state index contributed by atoms with van der Waals surface area (Å²) < 4.78 is 117. The second-order valence-electron chi connectivity index (χ2n) is 43.1. The Kier molecular flexibility index (Phi) is 58.0. The van der Waals surface area contributed by atoms with E-state index in [1.807, 2.05) is 54.7 Å². The highest BCUT2D eigenvalue weighted by atomic mass is 28.4. The van der Waals surface area contributed by atoms with Gasteiger partial charge in [0, 0.05) is 50.2 Å². The molecule has 20 nitrogen and oxygen atoms in total. The van der Waals surface area contributed by atoms with Crippen LogP contribution >= 0.6 is 0 Å². The minimum absolute atomic E-state index is 0.00925. The molecule has 2 fully saturated rings. The molecule has 6 rings (SSSR count). The molecule has 2 bridgehead atoms. The molecule has 0 spiro atoms. The van der Waals surface area contributed by atoms with Crippen molar-refractivity contribution in [3.8, 4) is 11.1 Å². The maximum Gasteiger partial charge on any atom is 0.407 e. The number of esters is 1.